The first-order chi connectivity index (χ1) is 6.41. The topological polar surface area (TPSA) is 46.2 Å². The SMILES string of the molecule is CC(C)(C)NS(=O)(=O)CCCC(F)(F)F. The van der Waals surface area contributed by atoms with Crippen LogP contribution in [-0.4, -0.2) is 25.9 Å². The lowest BCUT2D eigenvalue weighted by molar-refractivity contribution is -0.134. The molecular weight excluding hydrogens is 231 g/mol. The summed E-state index contributed by atoms with van der Waals surface area (Å²) in [4.78, 5) is 0. The molecule has 0 rings (SSSR count). The van der Waals surface area contributed by atoms with Crippen molar-refractivity contribution in [3.8, 4) is 0 Å². The fourth-order valence-electron chi connectivity index (χ4n) is 0.980. The fraction of sp³-hybridized carbons (Fsp3) is 1.00. The summed E-state index contributed by atoms with van der Waals surface area (Å²) in [5.74, 6) is -0.496. The zero-order chi connectivity index (χ0) is 12.3. The highest BCUT2D eigenvalue weighted by Crippen LogP contribution is 2.21. The van der Waals surface area contributed by atoms with Crippen LogP contribution in [0.5, 0.6) is 0 Å². The van der Waals surface area contributed by atoms with E-state index in [2.05, 4.69) is 4.72 Å². The summed E-state index contributed by atoms with van der Waals surface area (Å²) in [5, 5.41) is 0. The summed E-state index contributed by atoms with van der Waals surface area (Å²) in [7, 11) is -3.61. The minimum absolute atomic E-state index is 0.408. The van der Waals surface area contributed by atoms with Crippen LogP contribution in [-0.2, 0) is 10.0 Å². The largest absolute Gasteiger partial charge is 0.389 e. The summed E-state index contributed by atoms with van der Waals surface area (Å²) in [6.45, 7) is 4.90. The van der Waals surface area contributed by atoms with Gasteiger partial charge in [-0.15, -0.1) is 0 Å². The van der Waals surface area contributed by atoms with Crippen molar-refractivity contribution in [2.45, 2.75) is 45.3 Å². The molecule has 7 heteroatoms. The predicted octanol–water partition coefficient (Wildman–Crippen LogP) is 2.05. The quantitative estimate of drug-likeness (QED) is 0.826. The van der Waals surface area contributed by atoms with Crippen LogP contribution < -0.4 is 4.72 Å². The van der Waals surface area contributed by atoms with Gasteiger partial charge in [0, 0.05) is 12.0 Å². The Bertz CT molecular complexity index is 290. The highest BCUT2D eigenvalue weighted by molar-refractivity contribution is 7.89. The Kier molecular flexibility index (Phi) is 4.60. The second-order valence-electron chi connectivity index (χ2n) is 4.39. The molecule has 0 atom stereocenters. The van der Waals surface area contributed by atoms with E-state index in [1.54, 1.807) is 20.8 Å². The third kappa shape index (κ3) is 9.99. The number of alkyl halides is 3. The van der Waals surface area contributed by atoms with Crippen molar-refractivity contribution >= 4 is 10.0 Å². The van der Waals surface area contributed by atoms with Crippen LogP contribution in [0.25, 0.3) is 0 Å². The van der Waals surface area contributed by atoms with Gasteiger partial charge in [0.15, 0.2) is 0 Å². The van der Waals surface area contributed by atoms with Crippen LogP contribution in [0.15, 0.2) is 0 Å². The van der Waals surface area contributed by atoms with E-state index in [-0.39, 0.29) is 0 Å². The molecule has 15 heavy (non-hydrogen) atoms. The van der Waals surface area contributed by atoms with Gasteiger partial charge in [0.2, 0.25) is 10.0 Å². The molecule has 0 aromatic heterocycles. The zero-order valence-corrected chi connectivity index (χ0v) is 9.80. The maximum atomic E-state index is 11.8. The highest BCUT2D eigenvalue weighted by atomic mass is 32.2. The number of hydrogen-bond donors (Lipinski definition) is 1. The summed E-state index contributed by atoms with van der Waals surface area (Å²) in [6.07, 6.45) is -5.77. The van der Waals surface area contributed by atoms with E-state index in [9.17, 15) is 21.6 Å². The third-order valence-corrected chi connectivity index (χ3v) is 3.08. The molecular formula is C8H16F3NO2S. The first-order valence-electron chi connectivity index (χ1n) is 4.50. The fourth-order valence-corrected chi connectivity index (χ4v) is 2.54. The van der Waals surface area contributed by atoms with Gasteiger partial charge in [0.1, 0.15) is 0 Å². The lowest BCUT2D eigenvalue weighted by atomic mass is 10.1. The number of halogens is 3. The third-order valence-electron chi connectivity index (χ3n) is 1.34. The van der Waals surface area contributed by atoms with Gasteiger partial charge in [-0.05, 0) is 27.2 Å². The Morgan fingerprint density at radius 1 is 1.13 bits per heavy atom. The molecule has 0 saturated heterocycles. The molecule has 92 valence electrons. The molecule has 0 aromatic rings. The van der Waals surface area contributed by atoms with Gasteiger partial charge in [-0.2, -0.15) is 13.2 Å². The molecule has 0 saturated carbocycles. The van der Waals surface area contributed by atoms with E-state index in [1.165, 1.54) is 0 Å². The van der Waals surface area contributed by atoms with Crippen LogP contribution in [0.1, 0.15) is 33.6 Å². The lowest BCUT2D eigenvalue weighted by Crippen LogP contribution is -2.41. The van der Waals surface area contributed by atoms with E-state index < -0.39 is 40.3 Å². The first kappa shape index (κ1) is 14.7. The van der Waals surface area contributed by atoms with Gasteiger partial charge in [0.05, 0.1) is 5.75 Å². The van der Waals surface area contributed by atoms with Crippen molar-refractivity contribution in [1.82, 2.24) is 4.72 Å². The van der Waals surface area contributed by atoms with Crippen molar-refractivity contribution in [3.05, 3.63) is 0 Å². The number of nitrogens with one attached hydrogen (secondary N) is 1. The van der Waals surface area contributed by atoms with Crippen molar-refractivity contribution in [2.75, 3.05) is 5.75 Å². The van der Waals surface area contributed by atoms with Gasteiger partial charge in [-0.1, -0.05) is 0 Å². The van der Waals surface area contributed by atoms with E-state index in [0.717, 1.165) is 0 Å². The molecule has 0 spiro atoms. The van der Waals surface area contributed by atoms with Gasteiger partial charge < -0.3 is 0 Å². The molecule has 0 aromatic carbocycles. The Balaban J connectivity index is 4.08. The summed E-state index contributed by atoms with van der Waals surface area (Å²) in [6, 6.07) is 0. The molecule has 0 heterocycles. The predicted molar refractivity (Wildman–Crippen MR) is 52.0 cm³/mol. The van der Waals surface area contributed by atoms with Crippen molar-refractivity contribution in [1.29, 1.82) is 0 Å². The highest BCUT2D eigenvalue weighted by Gasteiger charge is 2.28. The van der Waals surface area contributed by atoms with Crippen LogP contribution >= 0.6 is 0 Å². The monoisotopic (exact) mass is 247 g/mol. The normalized spacial score (nSPS) is 14.3. The molecule has 3 nitrogen and oxygen atoms in total. The molecule has 0 radical (unpaired) electrons. The van der Waals surface area contributed by atoms with E-state index >= 15 is 0 Å². The van der Waals surface area contributed by atoms with Gasteiger partial charge >= 0.3 is 6.18 Å². The standard InChI is InChI=1S/C8H16F3NO2S/c1-7(2,3)12-15(13,14)6-4-5-8(9,10)11/h12H,4-6H2,1-3H3. The van der Waals surface area contributed by atoms with Crippen LogP contribution in [0.4, 0.5) is 13.2 Å². The van der Waals surface area contributed by atoms with Crippen LogP contribution in [0.2, 0.25) is 0 Å². The molecule has 0 aliphatic rings. The lowest BCUT2D eigenvalue weighted by Gasteiger charge is -2.20. The average molecular weight is 247 g/mol. The van der Waals surface area contributed by atoms with E-state index in [1.807, 2.05) is 0 Å². The summed E-state index contributed by atoms with van der Waals surface area (Å²) >= 11 is 0. The molecule has 0 unspecified atom stereocenters. The van der Waals surface area contributed by atoms with Gasteiger partial charge in [-0.25, -0.2) is 13.1 Å². The summed E-state index contributed by atoms with van der Waals surface area (Å²) in [5.41, 5.74) is -0.656. The smallest absolute Gasteiger partial charge is 0.212 e. The number of hydrogen-bond acceptors (Lipinski definition) is 2. The van der Waals surface area contributed by atoms with E-state index in [0.29, 0.717) is 0 Å². The number of rotatable bonds is 4. The van der Waals surface area contributed by atoms with Crippen molar-refractivity contribution in [2.24, 2.45) is 0 Å². The van der Waals surface area contributed by atoms with E-state index in [4.69, 9.17) is 0 Å². The van der Waals surface area contributed by atoms with Crippen molar-refractivity contribution < 1.29 is 21.6 Å². The molecule has 0 fully saturated rings. The minimum atomic E-state index is -4.29. The Morgan fingerprint density at radius 3 is 1.93 bits per heavy atom. The second-order valence-corrected chi connectivity index (χ2v) is 6.23. The second kappa shape index (κ2) is 4.69. The average Bonchev–Trinajstić information content (AvgIpc) is 1.75. The maximum Gasteiger partial charge on any atom is 0.389 e. The Morgan fingerprint density at radius 2 is 1.60 bits per heavy atom. The first-order valence-corrected chi connectivity index (χ1v) is 6.15. The zero-order valence-electron chi connectivity index (χ0n) is 8.98. The molecule has 0 bridgehead atoms. The maximum absolute atomic E-state index is 11.8. The Labute approximate surface area is 88.1 Å². The minimum Gasteiger partial charge on any atom is -0.212 e. The summed E-state index contributed by atoms with van der Waals surface area (Å²) < 4.78 is 60.1. The molecule has 1 N–H and O–H groups in total. The molecule has 0 amide bonds. The van der Waals surface area contributed by atoms with Crippen LogP contribution in [0.3, 0.4) is 0 Å². The van der Waals surface area contributed by atoms with Gasteiger partial charge in [0.25, 0.3) is 0 Å². The van der Waals surface area contributed by atoms with Gasteiger partial charge in [-0.3, -0.25) is 0 Å². The van der Waals surface area contributed by atoms with Crippen LogP contribution in [0, 0.1) is 0 Å². The number of sulfonamides is 1. The molecule has 0 aliphatic carbocycles. The Hall–Kier alpha value is -0.300. The molecule has 0 aliphatic heterocycles. The van der Waals surface area contributed by atoms with Crippen molar-refractivity contribution in [3.63, 3.8) is 0 Å².